The molecule has 0 spiro atoms. The molecule has 0 saturated carbocycles. The fraction of sp³-hybridized carbons (Fsp3) is 0.0577. The number of nitro groups is 1. The van der Waals surface area contributed by atoms with Crippen molar-refractivity contribution in [2.45, 2.75) is 17.9 Å². The first kappa shape index (κ1) is 36.2. The minimum atomic E-state index is -1.39. The summed E-state index contributed by atoms with van der Waals surface area (Å²) in [5.41, 5.74) is 12.5. The van der Waals surface area contributed by atoms with Gasteiger partial charge in [-0.1, -0.05) is 152 Å². The summed E-state index contributed by atoms with van der Waals surface area (Å²) in [7, 11) is 0. The van der Waals surface area contributed by atoms with Crippen molar-refractivity contribution in [3.63, 3.8) is 0 Å². The molecule has 5 heterocycles. The third kappa shape index (κ3) is 6.35. The quantitative estimate of drug-likeness (QED) is 0.123. The summed E-state index contributed by atoms with van der Waals surface area (Å²) in [5.74, 6) is -1.89. The lowest BCUT2D eigenvalue weighted by Crippen LogP contribution is -2.21. The van der Waals surface area contributed by atoms with Gasteiger partial charge in [-0.3, -0.25) is 10.1 Å². The van der Waals surface area contributed by atoms with E-state index in [-0.39, 0.29) is 10.6 Å². The Balaban J connectivity index is 1.45. The summed E-state index contributed by atoms with van der Waals surface area (Å²) in [5, 5.41) is 25.0. The first-order valence-electron chi connectivity index (χ1n) is 19.8. The molecule has 3 atom stereocenters. The molecule has 8 nitrogen and oxygen atoms in total. The molecule has 5 aromatic carbocycles. The molecule has 60 heavy (non-hydrogen) atoms. The van der Waals surface area contributed by atoms with Crippen molar-refractivity contribution in [1.29, 1.82) is 5.26 Å². The second-order valence-corrected chi connectivity index (χ2v) is 14.9. The van der Waals surface area contributed by atoms with Gasteiger partial charge in [0.15, 0.2) is 0 Å². The highest BCUT2D eigenvalue weighted by Crippen LogP contribution is 2.52. The van der Waals surface area contributed by atoms with Crippen molar-refractivity contribution in [2.24, 2.45) is 0 Å². The van der Waals surface area contributed by atoms with Crippen LogP contribution >= 0.6 is 0 Å². The lowest BCUT2D eigenvalue weighted by molar-refractivity contribution is -0.532. The zero-order valence-electron chi connectivity index (χ0n) is 32.2. The largest absolute Gasteiger partial charge is 0.354 e. The van der Waals surface area contributed by atoms with Crippen LogP contribution in [0.4, 0.5) is 0 Å². The van der Waals surface area contributed by atoms with Crippen molar-refractivity contribution >= 4 is 34.2 Å². The number of fused-ring (bicyclic) bond motifs is 8. The van der Waals surface area contributed by atoms with Gasteiger partial charge in [-0.25, -0.2) is 9.97 Å². The van der Waals surface area contributed by atoms with E-state index in [2.05, 4.69) is 46.4 Å². The summed E-state index contributed by atoms with van der Waals surface area (Å²) in [6.07, 6.45) is 4.11. The van der Waals surface area contributed by atoms with E-state index in [0.717, 1.165) is 55.8 Å². The van der Waals surface area contributed by atoms with E-state index in [1.807, 2.05) is 158 Å². The summed E-state index contributed by atoms with van der Waals surface area (Å²) in [4.78, 5) is 31.9. The first-order chi connectivity index (χ1) is 29.6. The SMILES string of the molecule is N#CC(c1ccccc1)[C@@H]1c2nc(c(-c3ccccc3)c3ccc([nH]3)c(-c3ccccc3)c3nc(c(-c4ccccc4)c4ccc([nH]4)c2-c2ccccc2)C=C3)[C@H]1[N+](=O)[O-]. The highest BCUT2D eigenvalue weighted by atomic mass is 16.6. The topological polar surface area (TPSA) is 124 Å². The normalized spacial score (nSPS) is 15.0. The summed E-state index contributed by atoms with van der Waals surface area (Å²) >= 11 is 0. The van der Waals surface area contributed by atoms with Crippen LogP contribution in [0.3, 0.4) is 0 Å². The fourth-order valence-corrected chi connectivity index (χ4v) is 8.81. The molecule has 286 valence electrons. The first-order valence-corrected chi connectivity index (χ1v) is 19.8. The molecule has 3 aromatic heterocycles. The Morgan fingerprint density at radius 2 is 0.867 bits per heavy atom. The van der Waals surface area contributed by atoms with Crippen LogP contribution in [-0.4, -0.2) is 24.9 Å². The number of hydrogen-bond acceptors (Lipinski definition) is 5. The third-order valence-corrected chi connectivity index (χ3v) is 11.4. The van der Waals surface area contributed by atoms with Crippen molar-refractivity contribution < 1.29 is 4.92 Å². The average Bonchev–Trinajstić information content (AvgIpc) is 4.13. The molecule has 1 unspecified atom stereocenters. The number of benzene rings is 5. The maximum Gasteiger partial charge on any atom is 0.265 e. The molecule has 0 saturated heterocycles. The minimum Gasteiger partial charge on any atom is -0.354 e. The average molecular weight is 777 g/mol. The van der Waals surface area contributed by atoms with Gasteiger partial charge < -0.3 is 9.97 Å². The van der Waals surface area contributed by atoms with Gasteiger partial charge in [0, 0.05) is 49.2 Å². The molecule has 2 aliphatic heterocycles. The zero-order valence-corrected chi connectivity index (χ0v) is 32.2. The lowest BCUT2D eigenvalue weighted by atomic mass is 9.78. The Bertz CT molecular complexity index is 3140. The predicted molar refractivity (Wildman–Crippen MR) is 239 cm³/mol. The van der Waals surface area contributed by atoms with E-state index in [0.29, 0.717) is 33.4 Å². The third-order valence-electron chi connectivity index (χ3n) is 11.4. The minimum absolute atomic E-state index is 0.259. The molecule has 0 fully saturated rings. The number of nitrogens with zero attached hydrogens (tertiary/aromatic N) is 4. The highest BCUT2D eigenvalue weighted by molar-refractivity contribution is 5.97. The molecular formula is C52H36N6O2. The van der Waals surface area contributed by atoms with Gasteiger partial charge in [-0.15, -0.1) is 0 Å². The van der Waals surface area contributed by atoms with Crippen molar-refractivity contribution in [2.75, 3.05) is 0 Å². The van der Waals surface area contributed by atoms with Crippen LogP contribution in [0.2, 0.25) is 0 Å². The standard InChI is InChI=1S/C52H36N6O2/c53-32-38(33-16-6-1-7-17-33)49-50-47(36-22-12-4-13-23-36)43-30-28-41(55-43)45(34-18-8-2-9-19-34)39-26-27-40(54-39)46(35-20-10-3-11-21-35)42-29-31-44(56-42)48(37-24-14-5-15-25-37)51(57-50)52(49)58(59)60/h1-31,38,49,52,55-56H/t38?,49-,52+/m1/s1. The Hall–Kier alpha value is -8.15. The van der Waals surface area contributed by atoms with Gasteiger partial charge in [0.05, 0.1) is 35.0 Å². The lowest BCUT2D eigenvalue weighted by Gasteiger charge is -2.21. The molecule has 2 aliphatic rings. The molecule has 0 radical (unpaired) electrons. The Morgan fingerprint density at radius 3 is 1.27 bits per heavy atom. The fourth-order valence-electron chi connectivity index (χ4n) is 8.81. The predicted octanol–water partition coefficient (Wildman–Crippen LogP) is 12.6. The van der Waals surface area contributed by atoms with Gasteiger partial charge in [0.1, 0.15) is 5.69 Å². The zero-order chi connectivity index (χ0) is 40.6. The second-order valence-electron chi connectivity index (χ2n) is 14.9. The number of hydrogen-bond donors (Lipinski definition) is 2. The van der Waals surface area contributed by atoms with Crippen LogP contribution < -0.4 is 0 Å². The van der Waals surface area contributed by atoms with Gasteiger partial charge in [-0.2, -0.15) is 5.26 Å². The van der Waals surface area contributed by atoms with E-state index in [1.54, 1.807) is 0 Å². The molecule has 10 rings (SSSR count). The number of aromatic amines is 2. The molecule has 0 amide bonds. The summed E-state index contributed by atoms with van der Waals surface area (Å²) in [6, 6.07) is 58.3. The van der Waals surface area contributed by atoms with Crippen molar-refractivity contribution in [3.05, 3.63) is 214 Å². The molecular weight excluding hydrogens is 741 g/mol. The van der Waals surface area contributed by atoms with Crippen LogP contribution in [-0.2, 0) is 0 Å². The summed E-state index contributed by atoms with van der Waals surface area (Å²) in [6.45, 7) is 0. The number of nitrogens with one attached hydrogen (secondary N) is 2. The van der Waals surface area contributed by atoms with E-state index in [4.69, 9.17) is 9.97 Å². The molecule has 8 heteroatoms. The Kier molecular flexibility index (Phi) is 9.24. The van der Waals surface area contributed by atoms with Crippen LogP contribution in [0.25, 0.3) is 78.7 Å². The van der Waals surface area contributed by atoms with Gasteiger partial charge in [0.25, 0.3) is 6.04 Å². The van der Waals surface area contributed by atoms with E-state index < -0.39 is 17.9 Å². The van der Waals surface area contributed by atoms with E-state index in [9.17, 15) is 15.4 Å². The van der Waals surface area contributed by atoms with Gasteiger partial charge in [0.2, 0.25) is 0 Å². The van der Waals surface area contributed by atoms with E-state index in [1.165, 1.54) is 0 Å². The van der Waals surface area contributed by atoms with E-state index >= 15 is 0 Å². The monoisotopic (exact) mass is 776 g/mol. The number of H-pyrrole nitrogens is 2. The van der Waals surface area contributed by atoms with Crippen LogP contribution in [0, 0.1) is 21.4 Å². The van der Waals surface area contributed by atoms with Crippen LogP contribution in [0.5, 0.6) is 0 Å². The number of aromatic nitrogens is 4. The Morgan fingerprint density at radius 1 is 0.500 bits per heavy atom. The molecule has 8 bridgehead atoms. The van der Waals surface area contributed by atoms with Gasteiger partial charge in [-0.05, 0) is 64.2 Å². The van der Waals surface area contributed by atoms with Crippen LogP contribution in [0.15, 0.2) is 176 Å². The van der Waals surface area contributed by atoms with Gasteiger partial charge >= 0.3 is 0 Å². The number of nitriles is 1. The smallest absolute Gasteiger partial charge is 0.265 e. The maximum absolute atomic E-state index is 13.9. The second kappa shape index (κ2) is 15.3. The van der Waals surface area contributed by atoms with Crippen molar-refractivity contribution in [1.82, 2.24) is 19.9 Å². The summed E-state index contributed by atoms with van der Waals surface area (Å²) < 4.78 is 0. The Labute approximate surface area is 346 Å². The molecule has 2 N–H and O–H groups in total. The molecule has 0 aliphatic carbocycles. The van der Waals surface area contributed by atoms with Crippen LogP contribution in [0.1, 0.15) is 46.2 Å². The number of rotatable bonds is 7. The van der Waals surface area contributed by atoms with Crippen molar-refractivity contribution in [3.8, 4) is 50.6 Å². The molecule has 8 aromatic rings. The highest BCUT2D eigenvalue weighted by Gasteiger charge is 2.49. The maximum atomic E-state index is 13.9.